The Labute approximate surface area is 327 Å². The van der Waals surface area contributed by atoms with Crippen LogP contribution in [0.15, 0.2) is 133 Å². The molecule has 272 valence electrons. The van der Waals surface area contributed by atoms with Crippen LogP contribution in [0.3, 0.4) is 0 Å². The number of nitrogens with zero attached hydrogens (tertiary/aromatic N) is 10. The van der Waals surface area contributed by atoms with Crippen molar-refractivity contribution >= 4 is 55.4 Å². The van der Waals surface area contributed by atoms with Crippen molar-refractivity contribution < 1.29 is 18.9 Å². The monoisotopic (exact) mass is 754 g/mol. The van der Waals surface area contributed by atoms with Crippen LogP contribution in [0, 0.1) is 22.7 Å². The van der Waals surface area contributed by atoms with Crippen LogP contribution in [0.4, 0.5) is 0 Å². The van der Waals surface area contributed by atoms with E-state index in [1.807, 2.05) is 72.8 Å². The first-order chi connectivity index (χ1) is 28.6. The largest absolute Gasteiger partial charge is 0.435 e. The Hall–Kier alpha value is -8.88. The number of para-hydroxylation sites is 4. The Balaban J connectivity index is 1.25. The van der Waals surface area contributed by atoms with Crippen LogP contribution in [0.1, 0.15) is 11.1 Å². The molecule has 0 radical (unpaired) electrons. The molecule has 14 heteroatoms. The Morgan fingerprint density at radius 3 is 0.845 bits per heavy atom. The lowest BCUT2D eigenvalue weighted by Crippen LogP contribution is -2.03. The van der Waals surface area contributed by atoms with Gasteiger partial charge in [-0.1, -0.05) is 72.8 Å². The van der Waals surface area contributed by atoms with Crippen molar-refractivity contribution in [3.05, 3.63) is 145 Å². The van der Waals surface area contributed by atoms with Crippen LogP contribution in [0.5, 0.6) is 46.5 Å². The highest BCUT2D eigenvalue weighted by Gasteiger charge is 2.23. The highest BCUT2D eigenvalue weighted by Crippen LogP contribution is 2.39. The van der Waals surface area contributed by atoms with Gasteiger partial charge in [0.25, 0.3) is 23.5 Å². The molecule has 10 aromatic rings. The number of benzene rings is 6. The van der Waals surface area contributed by atoms with Crippen LogP contribution < -0.4 is 18.9 Å². The molecule has 58 heavy (non-hydrogen) atoms. The van der Waals surface area contributed by atoms with Gasteiger partial charge in [0.15, 0.2) is 0 Å². The molecule has 6 aromatic carbocycles. The topological polar surface area (TPSA) is 188 Å². The van der Waals surface area contributed by atoms with Crippen molar-refractivity contribution in [1.29, 1.82) is 10.5 Å². The summed E-state index contributed by atoms with van der Waals surface area (Å²) in [6.07, 6.45) is 0. The molecule has 4 heterocycles. The second kappa shape index (κ2) is 14.1. The first kappa shape index (κ1) is 33.7. The van der Waals surface area contributed by atoms with Gasteiger partial charge in [0.2, 0.25) is 22.6 Å². The van der Waals surface area contributed by atoms with Gasteiger partial charge in [-0.05, 0) is 60.7 Å². The Morgan fingerprint density at radius 2 is 0.586 bits per heavy atom. The van der Waals surface area contributed by atoms with Crippen LogP contribution in [0.25, 0.3) is 55.4 Å². The van der Waals surface area contributed by atoms with E-state index >= 15 is 0 Å². The van der Waals surface area contributed by atoms with Crippen molar-refractivity contribution in [2.24, 2.45) is 0 Å². The van der Waals surface area contributed by atoms with Crippen molar-refractivity contribution in [2.75, 3.05) is 0 Å². The lowest BCUT2D eigenvalue weighted by atomic mass is 9.99. The van der Waals surface area contributed by atoms with E-state index in [0.717, 1.165) is 0 Å². The van der Waals surface area contributed by atoms with Crippen molar-refractivity contribution in [1.82, 2.24) is 39.9 Å². The molecule has 0 spiro atoms. The van der Waals surface area contributed by atoms with Crippen LogP contribution >= 0.6 is 0 Å². The molecule has 14 nitrogen and oxygen atoms in total. The smallest absolute Gasteiger partial charge is 0.286 e. The number of hydrogen-bond donors (Lipinski definition) is 0. The minimum Gasteiger partial charge on any atom is -0.435 e. The lowest BCUT2D eigenvalue weighted by molar-refractivity contribution is 0.394. The van der Waals surface area contributed by atoms with Crippen molar-refractivity contribution in [2.45, 2.75) is 0 Å². The van der Waals surface area contributed by atoms with Gasteiger partial charge in [-0.2, -0.15) is 30.5 Å². The quantitative estimate of drug-likeness (QED) is 0.105. The third-order valence-electron chi connectivity index (χ3n) is 8.88. The number of ether oxygens (including phenoxy) is 4. The molecule has 0 saturated heterocycles. The third kappa shape index (κ3) is 6.20. The van der Waals surface area contributed by atoms with Gasteiger partial charge >= 0.3 is 0 Å². The van der Waals surface area contributed by atoms with E-state index in [2.05, 4.69) is 12.1 Å². The third-order valence-corrected chi connectivity index (χ3v) is 8.88. The summed E-state index contributed by atoms with van der Waals surface area (Å²) in [5.41, 5.74) is 1.92. The average molecular weight is 755 g/mol. The predicted molar refractivity (Wildman–Crippen MR) is 212 cm³/mol. The number of hydrogen-bond acceptors (Lipinski definition) is 14. The maximum Gasteiger partial charge on any atom is 0.286 e. The van der Waals surface area contributed by atoms with Gasteiger partial charge < -0.3 is 18.9 Å². The van der Waals surface area contributed by atoms with E-state index in [-0.39, 0.29) is 68.3 Å². The van der Waals surface area contributed by atoms with Gasteiger partial charge in [0.1, 0.15) is 57.2 Å². The zero-order valence-corrected chi connectivity index (χ0v) is 29.8. The molecule has 10 rings (SSSR count). The standard InChI is InChI=1S/C44H22N10O4/c45-23-25-21-31-32(22-26(25)24-46)34-36(50-40-38(48-34)52-42(56-28-15-7-2-8-16-28)44(54-40)58-30-19-11-4-12-20-30)35-33(31)47-37-39(49-35)53-43(57-29-17-9-3-10-18-29)41(51-37)55-27-13-5-1-6-14-27/h1-22H. The SMILES string of the molecule is N#Cc1cc2c(cc1C#N)c1nc3nc(Oc4ccccc4)c(Oc4ccccc4)nc3nc1c1nc3nc(Oc4ccccc4)c(Oc4ccccc4)nc3nc21. The zero-order chi connectivity index (χ0) is 39.0. The highest BCUT2D eigenvalue weighted by molar-refractivity contribution is 6.22. The summed E-state index contributed by atoms with van der Waals surface area (Å²) in [5, 5.41) is 21.1. The lowest BCUT2D eigenvalue weighted by Gasteiger charge is -2.14. The minimum absolute atomic E-state index is 0.0442. The van der Waals surface area contributed by atoms with E-state index < -0.39 is 0 Å². The Morgan fingerprint density at radius 1 is 0.328 bits per heavy atom. The summed E-state index contributed by atoms with van der Waals surface area (Å²) in [7, 11) is 0. The molecule has 0 aliphatic heterocycles. The predicted octanol–water partition coefficient (Wildman–Crippen LogP) is 9.53. The average Bonchev–Trinajstić information content (AvgIpc) is 3.27. The summed E-state index contributed by atoms with van der Waals surface area (Å²) < 4.78 is 24.7. The van der Waals surface area contributed by atoms with E-state index in [1.54, 1.807) is 60.7 Å². The van der Waals surface area contributed by atoms with Crippen LogP contribution in [0.2, 0.25) is 0 Å². The second-order valence-corrected chi connectivity index (χ2v) is 12.6. The van der Waals surface area contributed by atoms with Gasteiger partial charge in [-0.15, -0.1) is 0 Å². The van der Waals surface area contributed by atoms with Gasteiger partial charge in [0, 0.05) is 10.8 Å². The summed E-state index contributed by atoms with van der Waals surface area (Å²) in [4.78, 5) is 38.7. The molecule has 0 aliphatic carbocycles. The molecule has 4 aromatic heterocycles. The number of nitriles is 2. The Kier molecular flexibility index (Phi) is 8.17. The fourth-order valence-electron chi connectivity index (χ4n) is 6.26. The van der Waals surface area contributed by atoms with E-state index in [1.165, 1.54) is 0 Å². The molecule has 0 unspecified atom stereocenters. The minimum atomic E-state index is 0.0442. The molecule has 0 aliphatic rings. The van der Waals surface area contributed by atoms with E-state index in [9.17, 15) is 10.5 Å². The zero-order valence-electron chi connectivity index (χ0n) is 29.8. The van der Waals surface area contributed by atoms with Gasteiger partial charge in [-0.3, -0.25) is 0 Å². The second-order valence-electron chi connectivity index (χ2n) is 12.6. The summed E-state index contributed by atoms with van der Waals surface area (Å²) in [5.74, 6) is 2.17. The normalized spacial score (nSPS) is 11.1. The first-order valence-electron chi connectivity index (χ1n) is 17.7. The number of rotatable bonds is 8. The molecule has 0 amide bonds. The number of fused-ring (bicyclic) bond motifs is 8. The molecule has 0 fully saturated rings. The van der Waals surface area contributed by atoms with E-state index in [4.69, 9.17) is 58.8 Å². The molecular weight excluding hydrogens is 733 g/mol. The highest BCUT2D eigenvalue weighted by atomic mass is 16.5. The molecule has 0 atom stereocenters. The maximum atomic E-state index is 10.1. The summed E-state index contributed by atoms with van der Waals surface area (Å²) >= 11 is 0. The first-order valence-corrected chi connectivity index (χ1v) is 17.7. The van der Waals surface area contributed by atoms with Gasteiger partial charge in [0.05, 0.1) is 11.1 Å². The van der Waals surface area contributed by atoms with Crippen molar-refractivity contribution in [3.8, 4) is 58.7 Å². The van der Waals surface area contributed by atoms with Crippen LogP contribution in [-0.2, 0) is 0 Å². The van der Waals surface area contributed by atoms with Gasteiger partial charge in [-0.25, -0.2) is 19.9 Å². The summed E-state index contributed by atoms with van der Waals surface area (Å²) in [6.45, 7) is 0. The van der Waals surface area contributed by atoms with E-state index in [0.29, 0.717) is 44.8 Å². The maximum absolute atomic E-state index is 10.1. The number of aromatic nitrogens is 8. The molecule has 0 N–H and O–H groups in total. The molecular formula is C44H22N10O4. The Bertz CT molecular complexity index is 3090. The fourth-order valence-corrected chi connectivity index (χ4v) is 6.26. The van der Waals surface area contributed by atoms with Crippen LogP contribution in [-0.4, -0.2) is 39.9 Å². The van der Waals surface area contributed by atoms with Crippen molar-refractivity contribution in [3.63, 3.8) is 0 Å². The molecule has 0 saturated carbocycles. The summed E-state index contributed by atoms with van der Waals surface area (Å²) in [6, 6.07) is 43.7. The fraction of sp³-hybridized carbons (Fsp3) is 0. The molecule has 0 bridgehead atoms.